The molecule has 4 atom stereocenters. The van der Waals surface area contributed by atoms with Gasteiger partial charge in [0, 0.05) is 0 Å². The minimum Gasteiger partial charge on any atom is -0.358 e. The number of amides is 3. The monoisotopic (exact) mass is 430 g/mol. The lowest BCUT2D eigenvalue weighted by Gasteiger charge is -2.31. The topological polar surface area (TPSA) is 99.8 Å². The summed E-state index contributed by atoms with van der Waals surface area (Å²) in [5.74, 6) is -0.900. The number of carbonyl (C=O) groups excluding carboxylic acids is 3. The highest BCUT2D eigenvalue weighted by Crippen LogP contribution is 2.29. The summed E-state index contributed by atoms with van der Waals surface area (Å²) in [6.45, 7) is 5.67. The Morgan fingerprint density at radius 2 is 1.90 bits per heavy atom. The van der Waals surface area contributed by atoms with E-state index >= 15 is 0 Å². The number of nitrogens with zero attached hydrogens (tertiary/aromatic N) is 1. The summed E-state index contributed by atoms with van der Waals surface area (Å²) in [4.78, 5) is 40.2. The Morgan fingerprint density at radius 3 is 2.61 bits per heavy atom. The number of hydrogen-bond donors (Lipinski definition) is 3. The molecule has 0 bridgehead atoms. The molecule has 1 aliphatic carbocycles. The number of aryl methyl sites for hydroxylation is 1. The van der Waals surface area contributed by atoms with Crippen LogP contribution in [0.25, 0.3) is 0 Å². The second-order valence-corrected chi connectivity index (χ2v) is 8.72. The van der Waals surface area contributed by atoms with Gasteiger partial charge in [0.25, 0.3) is 0 Å². The first-order valence-corrected chi connectivity index (χ1v) is 11.1. The molecule has 8 heteroatoms. The first kappa shape index (κ1) is 23.2. The van der Waals surface area contributed by atoms with Gasteiger partial charge in [0.1, 0.15) is 18.8 Å². The van der Waals surface area contributed by atoms with Crippen LogP contribution in [0.5, 0.6) is 0 Å². The molecule has 0 aromatic heterocycles. The maximum atomic E-state index is 13.3. The van der Waals surface area contributed by atoms with Crippen LogP contribution in [0, 0.1) is 5.92 Å². The standard InChI is InChI=1S/C23H34N4O4/c1-14(2)20(26-21(28)15(3)24-4)23(30)27-13-31-12-19(27)22(29)25-18-11-7-9-16-8-5-6-10-17(16)18/h5-6,8,10,14-15,18-20,24H,7,9,11-13H2,1-4H3,(H,25,29)(H,26,28). The average molecular weight is 431 g/mol. The molecule has 3 amide bonds. The Bertz CT molecular complexity index is 813. The van der Waals surface area contributed by atoms with Gasteiger partial charge in [0.15, 0.2) is 0 Å². The summed E-state index contributed by atoms with van der Waals surface area (Å²) in [5.41, 5.74) is 2.41. The number of ether oxygens (including phenoxy) is 1. The van der Waals surface area contributed by atoms with Crippen molar-refractivity contribution in [3.63, 3.8) is 0 Å². The average Bonchev–Trinajstić information content (AvgIpc) is 3.26. The van der Waals surface area contributed by atoms with Gasteiger partial charge in [-0.2, -0.15) is 0 Å². The van der Waals surface area contributed by atoms with Crippen LogP contribution in [0.3, 0.4) is 0 Å². The van der Waals surface area contributed by atoms with Crippen LogP contribution >= 0.6 is 0 Å². The largest absolute Gasteiger partial charge is 0.358 e. The predicted molar refractivity (Wildman–Crippen MR) is 117 cm³/mol. The predicted octanol–water partition coefficient (Wildman–Crippen LogP) is 1.11. The minimum absolute atomic E-state index is 0.0405. The number of rotatable bonds is 7. The third-order valence-electron chi connectivity index (χ3n) is 6.21. The fourth-order valence-electron chi connectivity index (χ4n) is 4.15. The van der Waals surface area contributed by atoms with Gasteiger partial charge >= 0.3 is 0 Å². The van der Waals surface area contributed by atoms with Crippen molar-refractivity contribution in [2.75, 3.05) is 20.4 Å². The summed E-state index contributed by atoms with van der Waals surface area (Å²) in [6, 6.07) is 6.24. The molecule has 1 fully saturated rings. The molecular weight excluding hydrogens is 396 g/mol. The Hall–Kier alpha value is -2.45. The van der Waals surface area contributed by atoms with E-state index in [1.165, 1.54) is 10.5 Å². The van der Waals surface area contributed by atoms with E-state index in [9.17, 15) is 14.4 Å². The number of hydrogen-bond acceptors (Lipinski definition) is 5. The molecule has 1 saturated heterocycles. The van der Waals surface area contributed by atoms with Crippen molar-refractivity contribution in [2.45, 2.75) is 64.2 Å². The molecule has 1 aromatic carbocycles. The summed E-state index contributed by atoms with van der Waals surface area (Å²) < 4.78 is 5.49. The van der Waals surface area contributed by atoms with Gasteiger partial charge < -0.3 is 25.6 Å². The molecule has 2 aliphatic rings. The number of carbonyl (C=O) groups is 3. The molecule has 1 aliphatic heterocycles. The second-order valence-electron chi connectivity index (χ2n) is 8.72. The molecule has 170 valence electrons. The Balaban J connectivity index is 1.70. The van der Waals surface area contributed by atoms with Crippen LogP contribution in [-0.2, 0) is 25.5 Å². The summed E-state index contributed by atoms with van der Waals surface area (Å²) in [7, 11) is 1.69. The SMILES string of the molecule is CNC(C)C(=O)NC(C(=O)N1COCC1C(=O)NC1CCCc2ccccc21)C(C)C. The second kappa shape index (κ2) is 10.2. The maximum absolute atomic E-state index is 13.3. The first-order chi connectivity index (χ1) is 14.8. The molecule has 1 aromatic rings. The maximum Gasteiger partial charge on any atom is 0.248 e. The summed E-state index contributed by atoms with van der Waals surface area (Å²) in [5, 5.41) is 8.82. The molecular formula is C23H34N4O4. The van der Waals surface area contributed by atoms with Crippen molar-refractivity contribution in [2.24, 2.45) is 5.92 Å². The Kier molecular flexibility index (Phi) is 7.67. The van der Waals surface area contributed by atoms with Gasteiger partial charge in [0.2, 0.25) is 17.7 Å². The summed E-state index contributed by atoms with van der Waals surface area (Å²) in [6.07, 6.45) is 2.90. The molecule has 8 nitrogen and oxygen atoms in total. The zero-order chi connectivity index (χ0) is 22.5. The van der Waals surface area contributed by atoms with Gasteiger partial charge in [-0.05, 0) is 50.3 Å². The fourth-order valence-corrected chi connectivity index (χ4v) is 4.15. The van der Waals surface area contributed by atoms with Gasteiger partial charge in [-0.25, -0.2) is 0 Å². The Labute approximate surface area is 184 Å². The van der Waals surface area contributed by atoms with Gasteiger partial charge in [0.05, 0.1) is 18.7 Å². The third kappa shape index (κ3) is 5.25. The highest BCUT2D eigenvalue weighted by molar-refractivity contribution is 5.93. The van der Waals surface area contributed by atoms with Gasteiger partial charge in [-0.1, -0.05) is 38.1 Å². The van der Waals surface area contributed by atoms with Crippen molar-refractivity contribution < 1.29 is 19.1 Å². The van der Waals surface area contributed by atoms with Crippen molar-refractivity contribution >= 4 is 17.7 Å². The lowest BCUT2D eigenvalue weighted by Crippen LogP contribution is -2.57. The number of nitrogens with one attached hydrogen (secondary N) is 3. The molecule has 0 spiro atoms. The van der Waals surface area contributed by atoms with Crippen LogP contribution < -0.4 is 16.0 Å². The van der Waals surface area contributed by atoms with Crippen molar-refractivity contribution in [1.82, 2.24) is 20.9 Å². The lowest BCUT2D eigenvalue weighted by atomic mass is 9.87. The minimum atomic E-state index is -0.726. The van der Waals surface area contributed by atoms with E-state index < -0.39 is 18.1 Å². The van der Waals surface area contributed by atoms with E-state index in [4.69, 9.17) is 4.74 Å². The van der Waals surface area contributed by atoms with Gasteiger partial charge in [-0.3, -0.25) is 14.4 Å². The van der Waals surface area contributed by atoms with E-state index in [-0.39, 0.29) is 43.0 Å². The van der Waals surface area contributed by atoms with E-state index in [1.807, 2.05) is 26.0 Å². The molecule has 4 unspecified atom stereocenters. The normalized spacial score (nSPS) is 22.5. The van der Waals surface area contributed by atoms with Crippen molar-refractivity contribution in [3.8, 4) is 0 Å². The molecule has 0 saturated carbocycles. The van der Waals surface area contributed by atoms with Crippen LogP contribution in [0.15, 0.2) is 24.3 Å². The molecule has 31 heavy (non-hydrogen) atoms. The molecule has 3 N–H and O–H groups in total. The summed E-state index contributed by atoms with van der Waals surface area (Å²) >= 11 is 0. The Morgan fingerprint density at radius 1 is 1.16 bits per heavy atom. The van der Waals surface area contributed by atoms with E-state index in [1.54, 1.807) is 14.0 Å². The van der Waals surface area contributed by atoms with Gasteiger partial charge in [-0.15, -0.1) is 0 Å². The third-order valence-corrected chi connectivity index (χ3v) is 6.21. The number of benzene rings is 1. The van der Waals surface area contributed by atoms with Crippen molar-refractivity contribution in [3.05, 3.63) is 35.4 Å². The number of likely N-dealkylation sites (N-methyl/N-ethyl adjacent to an activating group) is 1. The van der Waals surface area contributed by atoms with E-state index in [0.717, 1.165) is 24.8 Å². The molecule has 3 rings (SSSR count). The quantitative estimate of drug-likeness (QED) is 0.602. The zero-order valence-corrected chi connectivity index (χ0v) is 18.8. The smallest absolute Gasteiger partial charge is 0.248 e. The fraction of sp³-hybridized carbons (Fsp3) is 0.609. The molecule has 1 heterocycles. The van der Waals surface area contributed by atoms with Crippen LogP contribution in [0.1, 0.15) is 50.8 Å². The first-order valence-electron chi connectivity index (χ1n) is 11.1. The van der Waals surface area contributed by atoms with Crippen LogP contribution in [0.2, 0.25) is 0 Å². The lowest BCUT2D eigenvalue weighted by molar-refractivity contribution is -0.143. The highest BCUT2D eigenvalue weighted by Gasteiger charge is 2.40. The zero-order valence-electron chi connectivity index (χ0n) is 18.8. The van der Waals surface area contributed by atoms with Crippen LogP contribution in [0.4, 0.5) is 0 Å². The van der Waals surface area contributed by atoms with E-state index in [2.05, 4.69) is 28.1 Å². The van der Waals surface area contributed by atoms with E-state index in [0.29, 0.717) is 0 Å². The van der Waals surface area contributed by atoms with Crippen LogP contribution in [-0.4, -0.2) is 61.1 Å². The number of fused-ring (bicyclic) bond motifs is 1. The van der Waals surface area contributed by atoms with Crippen molar-refractivity contribution in [1.29, 1.82) is 0 Å². The molecule has 0 radical (unpaired) electrons. The highest BCUT2D eigenvalue weighted by atomic mass is 16.5.